The van der Waals surface area contributed by atoms with Crippen LogP contribution < -0.4 is 15.4 Å². The summed E-state index contributed by atoms with van der Waals surface area (Å²) in [6, 6.07) is 7.63. The Morgan fingerprint density at radius 1 is 1.46 bits per heavy atom. The zero-order valence-electron chi connectivity index (χ0n) is 14.7. The van der Waals surface area contributed by atoms with Crippen LogP contribution >= 0.6 is 11.3 Å². The van der Waals surface area contributed by atoms with E-state index in [2.05, 4.69) is 15.6 Å². The minimum absolute atomic E-state index is 0.0854. The van der Waals surface area contributed by atoms with Crippen LogP contribution in [0.25, 0.3) is 0 Å². The van der Waals surface area contributed by atoms with Gasteiger partial charge >= 0.3 is 6.03 Å². The van der Waals surface area contributed by atoms with Crippen molar-refractivity contribution in [1.29, 1.82) is 0 Å². The second-order valence-corrected chi connectivity index (χ2v) is 7.36. The van der Waals surface area contributed by atoms with Gasteiger partial charge in [0.15, 0.2) is 5.13 Å². The predicted octanol–water partition coefficient (Wildman–Crippen LogP) is 2.40. The van der Waals surface area contributed by atoms with E-state index in [0.717, 1.165) is 34.8 Å². The molecule has 26 heavy (non-hydrogen) atoms. The Morgan fingerprint density at radius 3 is 3.19 bits per heavy atom. The summed E-state index contributed by atoms with van der Waals surface area (Å²) in [6.45, 7) is 3.36. The van der Waals surface area contributed by atoms with Crippen LogP contribution in [0.1, 0.15) is 22.2 Å². The van der Waals surface area contributed by atoms with Crippen LogP contribution in [0.15, 0.2) is 24.3 Å². The number of hydrogen-bond donors (Lipinski definition) is 2. The fraction of sp³-hybridized carbons (Fsp3) is 0.444. The second kappa shape index (κ2) is 7.61. The summed E-state index contributed by atoms with van der Waals surface area (Å²) in [4.78, 5) is 20.5. The van der Waals surface area contributed by atoms with E-state index < -0.39 is 0 Å². The van der Waals surface area contributed by atoms with Gasteiger partial charge < -0.3 is 19.7 Å². The van der Waals surface area contributed by atoms with Gasteiger partial charge in [-0.15, -0.1) is 0 Å². The average molecular weight is 374 g/mol. The van der Waals surface area contributed by atoms with Crippen molar-refractivity contribution in [2.45, 2.75) is 19.1 Å². The van der Waals surface area contributed by atoms with E-state index in [4.69, 9.17) is 9.47 Å². The summed E-state index contributed by atoms with van der Waals surface area (Å²) >= 11 is 1.50. The smallest absolute Gasteiger partial charge is 0.324 e. The van der Waals surface area contributed by atoms with E-state index in [-0.39, 0.29) is 12.1 Å². The third-order valence-corrected chi connectivity index (χ3v) is 5.70. The van der Waals surface area contributed by atoms with E-state index in [1.54, 1.807) is 7.11 Å². The van der Waals surface area contributed by atoms with Crippen LogP contribution in [-0.2, 0) is 17.8 Å². The fourth-order valence-corrected chi connectivity index (χ4v) is 4.34. The maximum absolute atomic E-state index is 12.9. The number of urea groups is 1. The Labute approximate surface area is 156 Å². The first-order chi connectivity index (χ1) is 12.8. The summed E-state index contributed by atoms with van der Waals surface area (Å²) in [5.41, 5.74) is 2.04. The number of thiazole rings is 1. The molecule has 2 aliphatic rings. The Balaban J connectivity index is 1.54. The number of benzene rings is 1. The number of rotatable bonds is 3. The lowest BCUT2D eigenvalue weighted by atomic mass is 10.0. The number of nitrogens with zero attached hydrogens (tertiary/aromatic N) is 2. The van der Waals surface area contributed by atoms with Crippen molar-refractivity contribution in [3.63, 3.8) is 0 Å². The number of hydrogen-bond acceptors (Lipinski definition) is 6. The number of aromatic nitrogens is 1. The number of piperazine rings is 1. The highest BCUT2D eigenvalue weighted by atomic mass is 32.1. The number of nitrogens with one attached hydrogen (secondary N) is 2. The molecule has 1 aromatic carbocycles. The number of para-hydroxylation sites is 1. The molecule has 3 heterocycles. The first kappa shape index (κ1) is 17.3. The molecule has 1 atom stereocenters. The molecule has 138 valence electrons. The Bertz CT molecular complexity index is 771. The van der Waals surface area contributed by atoms with Crippen molar-refractivity contribution in [3.05, 3.63) is 40.4 Å². The lowest BCUT2D eigenvalue weighted by molar-refractivity contribution is 0.112. The van der Waals surface area contributed by atoms with Gasteiger partial charge in [-0.05, 0) is 6.07 Å². The van der Waals surface area contributed by atoms with Gasteiger partial charge in [-0.1, -0.05) is 29.5 Å². The van der Waals surface area contributed by atoms with Crippen LogP contribution in [0, 0.1) is 0 Å². The van der Waals surface area contributed by atoms with Crippen LogP contribution in [-0.4, -0.2) is 49.3 Å². The fourth-order valence-electron chi connectivity index (χ4n) is 3.41. The van der Waals surface area contributed by atoms with E-state index in [1.807, 2.05) is 29.2 Å². The molecule has 8 heteroatoms. The van der Waals surface area contributed by atoms with Crippen molar-refractivity contribution in [1.82, 2.24) is 15.2 Å². The van der Waals surface area contributed by atoms with Gasteiger partial charge in [0.2, 0.25) is 0 Å². The highest BCUT2D eigenvalue weighted by Gasteiger charge is 2.30. The Morgan fingerprint density at radius 2 is 2.35 bits per heavy atom. The molecule has 0 radical (unpaired) electrons. The highest BCUT2D eigenvalue weighted by molar-refractivity contribution is 7.15. The molecule has 0 saturated carbocycles. The molecule has 2 amide bonds. The third kappa shape index (κ3) is 3.40. The maximum atomic E-state index is 12.9. The van der Waals surface area contributed by atoms with Gasteiger partial charge in [0.25, 0.3) is 0 Å². The Hall–Kier alpha value is -2.16. The topological polar surface area (TPSA) is 75.7 Å². The van der Waals surface area contributed by atoms with E-state index in [1.165, 1.54) is 11.3 Å². The minimum Gasteiger partial charge on any atom is -0.496 e. The molecule has 1 saturated heterocycles. The molecule has 0 bridgehead atoms. The largest absolute Gasteiger partial charge is 0.496 e. The van der Waals surface area contributed by atoms with E-state index in [9.17, 15) is 4.79 Å². The number of amides is 2. The van der Waals surface area contributed by atoms with Gasteiger partial charge in [-0.2, -0.15) is 0 Å². The van der Waals surface area contributed by atoms with Crippen LogP contribution in [0.4, 0.5) is 9.93 Å². The number of methoxy groups -OCH3 is 1. The summed E-state index contributed by atoms with van der Waals surface area (Å²) < 4.78 is 10.9. The van der Waals surface area contributed by atoms with E-state index in [0.29, 0.717) is 31.4 Å². The predicted molar refractivity (Wildman–Crippen MR) is 99.8 cm³/mol. The highest BCUT2D eigenvalue weighted by Crippen LogP contribution is 2.32. The van der Waals surface area contributed by atoms with Crippen LogP contribution in [0.5, 0.6) is 5.75 Å². The second-order valence-electron chi connectivity index (χ2n) is 6.28. The SMILES string of the molecule is COc1ccccc1C1CNCCN1C(=O)Nc1nc2c(s1)COCC2. The van der Waals surface area contributed by atoms with Gasteiger partial charge in [-0.25, -0.2) is 9.78 Å². The standard InChI is InChI=1S/C18H22N4O3S/c1-24-15-5-3-2-4-12(15)14-10-19-7-8-22(14)18(23)21-17-20-13-6-9-25-11-16(13)26-17/h2-5,14,19H,6-11H2,1H3,(H,20,21,23). The van der Waals surface area contributed by atoms with Crippen molar-refractivity contribution < 1.29 is 14.3 Å². The summed E-state index contributed by atoms with van der Waals surface area (Å²) in [5, 5.41) is 6.98. The molecule has 1 fully saturated rings. The van der Waals surface area contributed by atoms with Crippen molar-refractivity contribution >= 4 is 22.5 Å². The Kier molecular flexibility index (Phi) is 5.05. The quantitative estimate of drug-likeness (QED) is 0.863. The van der Waals surface area contributed by atoms with E-state index >= 15 is 0 Å². The number of anilines is 1. The maximum Gasteiger partial charge on any atom is 0.324 e. The molecule has 1 unspecified atom stereocenters. The molecule has 2 N–H and O–H groups in total. The number of carbonyl (C=O) groups is 1. The summed E-state index contributed by atoms with van der Waals surface area (Å²) in [7, 11) is 1.65. The van der Waals surface area contributed by atoms with Crippen LogP contribution in [0.3, 0.4) is 0 Å². The van der Waals surface area contributed by atoms with Gasteiger partial charge in [-0.3, -0.25) is 5.32 Å². The molecule has 1 aromatic heterocycles. The zero-order valence-corrected chi connectivity index (χ0v) is 15.5. The monoisotopic (exact) mass is 374 g/mol. The van der Waals surface area contributed by atoms with Crippen molar-refractivity contribution in [3.8, 4) is 5.75 Å². The molecule has 2 aromatic rings. The first-order valence-electron chi connectivity index (χ1n) is 8.74. The van der Waals surface area contributed by atoms with Gasteiger partial charge in [0, 0.05) is 31.6 Å². The molecular weight excluding hydrogens is 352 g/mol. The van der Waals surface area contributed by atoms with Crippen LogP contribution in [0.2, 0.25) is 0 Å². The van der Waals surface area contributed by atoms with Crippen molar-refractivity contribution in [2.75, 3.05) is 38.7 Å². The van der Waals surface area contributed by atoms with Crippen molar-refractivity contribution in [2.24, 2.45) is 0 Å². The summed E-state index contributed by atoms with van der Waals surface area (Å²) in [5.74, 6) is 0.792. The summed E-state index contributed by atoms with van der Waals surface area (Å²) in [6.07, 6.45) is 0.805. The normalized spacial score (nSPS) is 19.7. The lowest BCUT2D eigenvalue weighted by Gasteiger charge is -2.36. The third-order valence-electron chi connectivity index (χ3n) is 4.71. The molecular formula is C18H22N4O3S. The minimum atomic E-state index is -0.130. The van der Waals surface area contributed by atoms with Gasteiger partial charge in [0.1, 0.15) is 5.75 Å². The number of fused-ring (bicyclic) bond motifs is 1. The molecule has 2 aliphatic heterocycles. The zero-order chi connectivity index (χ0) is 17.9. The molecule has 4 rings (SSSR count). The molecule has 7 nitrogen and oxygen atoms in total. The first-order valence-corrected chi connectivity index (χ1v) is 9.55. The average Bonchev–Trinajstić information content (AvgIpc) is 3.10. The molecule has 0 aliphatic carbocycles. The number of ether oxygens (including phenoxy) is 2. The lowest BCUT2D eigenvalue weighted by Crippen LogP contribution is -2.50. The molecule has 0 spiro atoms. The number of carbonyl (C=O) groups excluding carboxylic acids is 1. The van der Waals surface area contributed by atoms with Gasteiger partial charge in [0.05, 0.1) is 36.9 Å².